The van der Waals surface area contributed by atoms with Gasteiger partial charge in [0.1, 0.15) is 0 Å². The molecular formula is C70H58N2. The molecule has 1 aliphatic carbocycles. The minimum atomic E-state index is -0.0131. The summed E-state index contributed by atoms with van der Waals surface area (Å²) in [4.78, 5) is 0. The van der Waals surface area contributed by atoms with Crippen LogP contribution in [0.15, 0.2) is 212 Å². The predicted octanol–water partition coefficient (Wildman–Crippen LogP) is 19.6. The lowest BCUT2D eigenvalue weighted by Crippen LogP contribution is -2.10. The molecule has 13 rings (SSSR count). The van der Waals surface area contributed by atoms with Gasteiger partial charge in [-0.05, 0) is 181 Å². The van der Waals surface area contributed by atoms with E-state index in [1.807, 2.05) is 0 Å². The molecule has 0 saturated heterocycles. The van der Waals surface area contributed by atoms with Gasteiger partial charge < -0.3 is 9.13 Å². The lowest BCUT2D eigenvalue weighted by Gasteiger charge is -2.23. The second-order valence-corrected chi connectivity index (χ2v) is 20.9. The van der Waals surface area contributed by atoms with Crippen LogP contribution in [0.25, 0.3) is 126 Å². The zero-order valence-corrected chi connectivity index (χ0v) is 41.9. The molecule has 2 heterocycles. The summed E-state index contributed by atoms with van der Waals surface area (Å²) in [7, 11) is 0. The standard InChI is InChI=1S/C70H58N2/c1-6-71-64-36-30-51(45-16-10-8-11-17-45)40-59(64)61-42-53(32-38-66(61)71)47-22-26-49(27-23-47)68-56-20-14-15-21-57(56)69(63-44-55(70(3,4)5)34-35-58(63)68)50-28-24-48(25-29-50)54-33-39-67-62(43-54)60-41-52(46-18-12-9-13-19-46)31-37-65(60)72(67)7-2/h8-10,12-16,18-44H,6-7,11,17H2,1-5H3. The first-order valence-corrected chi connectivity index (χ1v) is 26.0. The Morgan fingerprint density at radius 2 is 0.764 bits per heavy atom. The Morgan fingerprint density at radius 3 is 1.22 bits per heavy atom. The molecule has 2 aromatic heterocycles. The van der Waals surface area contributed by atoms with Crippen LogP contribution in [-0.2, 0) is 18.5 Å². The lowest BCUT2D eigenvalue weighted by atomic mass is 9.81. The molecule has 72 heavy (non-hydrogen) atoms. The molecule has 12 aromatic rings. The molecule has 1 aliphatic rings. The topological polar surface area (TPSA) is 9.86 Å². The average molecular weight is 927 g/mol. The van der Waals surface area contributed by atoms with Gasteiger partial charge >= 0.3 is 0 Å². The minimum absolute atomic E-state index is 0.0131. The van der Waals surface area contributed by atoms with Crippen molar-refractivity contribution in [1.82, 2.24) is 9.13 Å². The number of aryl methyl sites for hydroxylation is 2. The first-order chi connectivity index (χ1) is 35.2. The molecule has 2 nitrogen and oxygen atoms in total. The first-order valence-electron chi connectivity index (χ1n) is 26.0. The Morgan fingerprint density at radius 1 is 0.361 bits per heavy atom. The summed E-state index contributed by atoms with van der Waals surface area (Å²) in [6.45, 7) is 13.3. The van der Waals surface area contributed by atoms with E-state index in [0.29, 0.717) is 0 Å². The van der Waals surface area contributed by atoms with Crippen molar-refractivity contribution in [2.45, 2.75) is 66.0 Å². The molecule has 0 atom stereocenters. The van der Waals surface area contributed by atoms with E-state index < -0.39 is 0 Å². The Kier molecular flexibility index (Phi) is 10.5. The third-order valence-corrected chi connectivity index (χ3v) is 15.8. The Hall–Kier alpha value is -8.20. The van der Waals surface area contributed by atoms with Crippen LogP contribution in [-0.4, -0.2) is 9.13 Å². The number of aromatic nitrogens is 2. The SMILES string of the molecule is CCn1c2ccc(C3=CC=CCC3)cc2c2cc(-c3ccc(-c4c5ccccc5c(-c5ccc(-c6ccc7c(c6)c6cc(-c8ccccc8)ccc6n7CC)cc5)c5cc(C(C)(C)C)ccc45)cc3)ccc21. The van der Waals surface area contributed by atoms with Crippen LogP contribution in [0.4, 0.5) is 0 Å². The average Bonchev–Trinajstić information content (AvgIpc) is 3.92. The van der Waals surface area contributed by atoms with Crippen LogP contribution in [0, 0.1) is 0 Å². The summed E-state index contributed by atoms with van der Waals surface area (Å²) in [5.74, 6) is 0. The van der Waals surface area contributed by atoms with E-state index in [4.69, 9.17) is 0 Å². The van der Waals surface area contributed by atoms with Gasteiger partial charge in [0.15, 0.2) is 0 Å². The lowest BCUT2D eigenvalue weighted by molar-refractivity contribution is 0.591. The number of hydrogen-bond acceptors (Lipinski definition) is 0. The smallest absolute Gasteiger partial charge is 0.0491 e. The van der Waals surface area contributed by atoms with Gasteiger partial charge in [0, 0.05) is 56.7 Å². The van der Waals surface area contributed by atoms with E-state index in [-0.39, 0.29) is 5.41 Å². The number of nitrogens with zero attached hydrogens (tertiary/aromatic N) is 2. The van der Waals surface area contributed by atoms with Crippen molar-refractivity contribution in [2.24, 2.45) is 0 Å². The maximum atomic E-state index is 2.47. The molecule has 0 saturated carbocycles. The second-order valence-electron chi connectivity index (χ2n) is 20.9. The predicted molar refractivity (Wildman–Crippen MR) is 311 cm³/mol. The summed E-state index contributed by atoms with van der Waals surface area (Å²) >= 11 is 0. The molecule has 0 amide bonds. The monoisotopic (exact) mass is 926 g/mol. The van der Waals surface area contributed by atoms with Crippen molar-refractivity contribution >= 4 is 70.7 Å². The van der Waals surface area contributed by atoms with Crippen LogP contribution >= 0.6 is 0 Å². The van der Waals surface area contributed by atoms with Gasteiger partial charge in [-0.3, -0.25) is 0 Å². The van der Waals surface area contributed by atoms with Crippen LogP contribution in [0.3, 0.4) is 0 Å². The highest BCUT2D eigenvalue weighted by molar-refractivity contribution is 6.22. The summed E-state index contributed by atoms with van der Waals surface area (Å²) in [5, 5.41) is 10.3. The molecule has 2 heteroatoms. The highest BCUT2D eigenvalue weighted by Crippen LogP contribution is 2.46. The van der Waals surface area contributed by atoms with Gasteiger partial charge in [-0.15, -0.1) is 0 Å². The second kappa shape index (κ2) is 17.3. The van der Waals surface area contributed by atoms with E-state index in [1.54, 1.807) is 0 Å². The molecule has 10 aromatic carbocycles. The number of fused-ring (bicyclic) bond motifs is 8. The molecule has 0 aliphatic heterocycles. The van der Waals surface area contributed by atoms with Crippen molar-refractivity contribution in [3.63, 3.8) is 0 Å². The van der Waals surface area contributed by atoms with Crippen molar-refractivity contribution < 1.29 is 0 Å². The highest BCUT2D eigenvalue weighted by atomic mass is 15.0. The van der Waals surface area contributed by atoms with Crippen molar-refractivity contribution in [1.29, 1.82) is 0 Å². The molecule has 0 unspecified atom stereocenters. The molecule has 348 valence electrons. The van der Waals surface area contributed by atoms with Crippen LogP contribution in [0.1, 0.15) is 58.6 Å². The fourth-order valence-electron chi connectivity index (χ4n) is 12.0. The fraction of sp³-hybridized carbons (Fsp3) is 0.143. The van der Waals surface area contributed by atoms with Crippen molar-refractivity contribution in [3.8, 4) is 55.6 Å². The molecule has 0 bridgehead atoms. The molecule has 0 spiro atoms. The van der Waals surface area contributed by atoms with Gasteiger partial charge in [0.25, 0.3) is 0 Å². The summed E-state index contributed by atoms with van der Waals surface area (Å²) in [6, 6.07) is 73.8. The van der Waals surface area contributed by atoms with Gasteiger partial charge in [0.2, 0.25) is 0 Å². The zero-order valence-electron chi connectivity index (χ0n) is 41.9. The Balaban J connectivity index is 0.906. The first kappa shape index (κ1) is 43.8. The summed E-state index contributed by atoms with van der Waals surface area (Å²) < 4.78 is 4.91. The normalized spacial score (nSPS) is 13.1. The van der Waals surface area contributed by atoms with Gasteiger partial charge in [0.05, 0.1) is 0 Å². The maximum Gasteiger partial charge on any atom is 0.0491 e. The molecule has 0 radical (unpaired) electrons. The van der Waals surface area contributed by atoms with E-state index in [2.05, 4.69) is 256 Å². The fourth-order valence-corrected chi connectivity index (χ4v) is 12.0. The zero-order chi connectivity index (χ0) is 48.7. The van der Waals surface area contributed by atoms with Crippen LogP contribution in [0.5, 0.6) is 0 Å². The minimum Gasteiger partial charge on any atom is -0.341 e. The number of benzene rings is 10. The van der Waals surface area contributed by atoms with Gasteiger partial charge in [-0.2, -0.15) is 0 Å². The highest BCUT2D eigenvalue weighted by Gasteiger charge is 2.22. The van der Waals surface area contributed by atoms with Crippen LogP contribution in [0.2, 0.25) is 0 Å². The summed E-state index contributed by atoms with van der Waals surface area (Å²) in [5.41, 5.74) is 21.6. The quantitative estimate of drug-likeness (QED) is 0.134. The van der Waals surface area contributed by atoms with E-state index in [0.717, 1.165) is 25.9 Å². The summed E-state index contributed by atoms with van der Waals surface area (Å²) in [6.07, 6.45) is 8.95. The van der Waals surface area contributed by atoms with Gasteiger partial charge in [-0.1, -0.05) is 179 Å². The molecular weight excluding hydrogens is 869 g/mol. The van der Waals surface area contributed by atoms with Gasteiger partial charge in [-0.25, -0.2) is 0 Å². The number of allylic oxidation sites excluding steroid dienone is 4. The number of rotatable bonds is 8. The van der Waals surface area contributed by atoms with E-state index in [1.165, 1.54) is 137 Å². The van der Waals surface area contributed by atoms with E-state index >= 15 is 0 Å². The third-order valence-electron chi connectivity index (χ3n) is 15.8. The Bertz CT molecular complexity index is 4170. The van der Waals surface area contributed by atoms with Crippen molar-refractivity contribution in [3.05, 3.63) is 223 Å². The number of hydrogen-bond donors (Lipinski definition) is 0. The maximum absolute atomic E-state index is 2.47. The molecule has 0 N–H and O–H groups in total. The van der Waals surface area contributed by atoms with Crippen LogP contribution < -0.4 is 0 Å². The van der Waals surface area contributed by atoms with Crippen molar-refractivity contribution in [2.75, 3.05) is 0 Å². The molecule has 0 fully saturated rings. The van der Waals surface area contributed by atoms with E-state index in [9.17, 15) is 0 Å². The largest absolute Gasteiger partial charge is 0.341 e. The third kappa shape index (κ3) is 7.23. The Labute approximate surface area is 422 Å².